The fraction of sp³-hybridized carbons (Fsp3) is 0.280. The van der Waals surface area contributed by atoms with Gasteiger partial charge in [0.1, 0.15) is 0 Å². The molecule has 0 fully saturated rings. The van der Waals surface area contributed by atoms with Crippen molar-refractivity contribution in [3.8, 4) is 11.1 Å². The van der Waals surface area contributed by atoms with Crippen molar-refractivity contribution in [2.45, 2.75) is 38.3 Å². The Kier molecular flexibility index (Phi) is 8.03. The molecule has 5 nitrogen and oxygen atoms in total. The van der Waals surface area contributed by atoms with Gasteiger partial charge in [-0.05, 0) is 66.6 Å². The van der Waals surface area contributed by atoms with E-state index in [4.69, 9.17) is 5.11 Å². The summed E-state index contributed by atoms with van der Waals surface area (Å²) in [5.74, 6) is -0.912. The number of nitrogens with zero attached hydrogens (tertiary/aromatic N) is 1. The largest absolute Gasteiger partial charge is 1.00 e. The van der Waals surface area contributed by atoms with E-state index in [1.54, 1.807) is 18.3 Å². The van der Waals surface area contributed by atoms with Gasteiger partial charge < -0.3 is 17.0 Å². The van der Waals surface area contributed by atoms with Gasteiger partial charge in [0, 0.05) is 30.0 Å². The summed E-state index contributed by atoms with van der Waals surface area (Å²) in [6.07, 6.45) is 4.12. The normalized spacial score (nSPS) is 16.1. The average Bonchev–Trinajstić information content (AvgIpc) is 2.77. The number of pyridine rings is 1. The van der Waals surface area contributed by atoms with Crippen molar-refractivity contribution in [2.24, 2.45) is 0 Å². The molecule has 0 saturated heterocycles. The predicted molar refractivity (Wildman–Crippen MR) is 118 cm³/mol. The topological polar surface area (TPSA) is 82.5 Å². The number of carboxylic acids is 1. The molecule has 0 spiro atoms. The first-order valence-electron chi connectivity index (χ1n) is 10.3. The van der Waals surface area contributed by atoms with Crippen LogP contribution < -0.4 is 34.9 Å². The molecule has 2 aromatic carbocycles. The van der Waals surface area contributed by atoms with Crippen molar-refractivity contribution in [2.75, 3.05) is 6.54 Å². The Hall–Kier alpha value is -2.02. The Morgan fingerprint density at radius 2 is 1.87 bits per heavy atom. The van der Waals surface area contributed by atoms with Crippen LogP contribution in [0.4, 0.5) is 0 Å². The van der Waals surface area contributed by atoms with E-state index in [0.29, 0.717) is 18.2 Å². The fourth-order valence-corrected chi connectivity index (χ4v) is 3.99. The number of benzene rings is 2. The zero-order valence-electron chi connectivity index (χ0n) is 19.0. The molecule has 156 valence electrons. The molecule has 0 aliphatic heterocycles. The van der Waals surface area contributed by atoms with Gasteiger partial charge in [0.25, 0.3) is 0 Å². The van der Waals surface area contributed by atoms with E-state index in [2.05, 4.69) is 28.5 Å². The number of aliphatic hydroxyl groups is 1. The number of aromatic nitrogens is 1. The first-order valence-corrected chi connectivity index (χ1v) is 10.3. The minimum absolute atomic E-state index is 0. The molecular weight excluding hydrogens is 399 g/mol. The molecule has 1 heterocycles. The second kappa shape index (κ2) is 10.5. The van der Waals surface area contributed by atoms with Crippen LogP contribution in [-0.2, 0) is 12.8 Å². The first-order chi connectivity index (χ1) is 14.5. The monoisotopic (exact) mass is 426 g/mol. The maximum atomic E-state index is 11.1. The molecule has 3 N–H and O–H groups in total. The van der Waals surface area contributed by atoms with E-state index < -0.39 is 12.1 Å². The van der Waals surface area contributed by atoms with Crippen LogP contribution in [0, 0.1) is 6.92 Å². The van der Waals surface area contributed by atoms with Gasteiger partial charge in [0.05, 0.1) is 11.7 Å². The third kappa shape index (κ3) is 5.82. The molecule has 6 heteroatoms. The summed E-state index contributed by atoms with van der Waals surface area (Å²) < 4.78 is 0. The molecule has 3 aromatic rings. The molecule has 0 saturated carbocycles. The van der Waals surface area contributed by atoms with E-state index >= 15 is 0 Å². The van der Waals surface area contributed by atoms with E-state index in [9.17, 15) is 9.90 Å². The summed E-state index contributed by atoms with van der Waals surface area (Å²) in [7, 11) is 0. The van der Waals surface area contributed by atoms with Crippen molar-refractivity contribution >= 4 is 5.97 Å². The Bertz CT molecular complexity index is 1040. The van der Waals surface area contributed by atoms with Crippen LogP contribution in [0.2, 0.25) is 0 Å². The quantitative estimate of drug-likeness (QED) is 0.514. The zero-order valence-corrected chi connectivity index (χ0v) is 20.0. The molecule has 0 amide bonds. The molecular formula is C25H27N2NaO3. The van der Waals surface area contributed by atoms with E-state index in [1.165, 1.54) is 11.1 Å². The van der Waals surface area contributed by atoms with Gasteiger partial charge in [0.2, 0.25) is 0 Å². The van der Waals surface area contributed by atoms with Gasteiger partial charge in [-0.1, -0.05) is 36.4 Å². The van der Waals surface area contributed by atoms with Crippen LogP contribution in [0.25, 0.3) is 11.1 Å². The fourth-order valence-electron chi connectivity index (χ4n) is 3.99. The molecule has 0 radical (unpaired) electrons. The molecule has 1 aliphatic rings. The number of carbonyl (C=O) groups is 1. The Morgan fingerprint density at radius 1 is 1.13 bits per heavy atom. The van der Waals surface area contributed by atoms with Gasteiger partial charge in [0.15, 0.2) is 0 Å². The van der Waals surface area contributed by atoms with Crippen LogP contribution in [0.15, 0.2) is 60.8 Å². The van der Waals surface area contributed by atoms with Crippen molar-refractivity contribution in [1.29, 1.82) is 0 Å². The van der Waals surface area contributed by atoms with E-state index in [1.807, 2.05) is 31.2 Å². The maximum absolute atomic E-state index is 11.1. The number of fused-ring (bicyclic) bond motifs is 1. The van der Waals surface area contributed by atoms with Gasteiger partial charge >= 0.3 is 35.5 Å². The summed E-state index contributed by atoms with van der Waals surface area (Å²) in [5.41, 5.74) is 6.85. The van der Waals surface area contributed by atoms with Crippen molar-refractivity contribution < 1.29 is 46.0 Å². The molecule has 1 aromatic heterocycles. The van der Waals surface area contributed by atoms with E-state index in [0.717, 1.165) is 41.6 Å². The molecule has 31 heavy (non-hydrogen) atoms. The molecule has 0 bridgehead atoms. The van der Waals surface area contributed by atoms with E-state index in [-0.39, 0.29) is 31.0 Å². The number of aryl methyl sites for hydroxylation is 2. The number of aromatic carboxylic acids is 1. The van der Waals surface area contributed by atoms with Crippen molar-refractivity contribution in [1.82, 2.24) is 10.3 Å². The third-order valence-electron chi connectivity index (χ3n) is 5.82. The number of hydrogen-bond donors (Lipinski definition) is 3. The SMILES string of the molecule is Cc1ccc([C@H](O)CN[C@H]2CCc3ccc(-c4ccc(C(=O)O)cc4)cc3C2)cn1.[H-].[Na+]. The van der Waals surface area contributed by atoms with Gasteiger partial charge in [-0.25, -0.2) is 4.79 Å². The van der Waals surface area contributed by atoms with Gasteiger partial charge in [-0.15, -0.1) is 0 Å². The smallest absolute Gasteiger partial charge is 1.00 e. The minimum Gasteiger partial charge on any atom is -1.00 e. The molecule has 0 unspecified atom stereocenters. The maximum Gasteiger partial charge on any atom is 1.00 e. The first kappa shape index (κ1) is 23.6. The van der Waals surface area contributed by atoms with Gasteiger partial charge in [-0.2, -0.15) is 0 Å². The van der Waals surface area contributed by atoms with Crippen LogP contribution in [-0.4, -0.2) is 33.8 Å². The Labute approximate surface area is 206 Å². The summed E-state index contributed by atoms with van der Waals surface area (Å²) >= 11 is 0. The average molecular weight is 426 g/mol. The summed E-state index contributed by atoms with van der Waals surface area (Å²) in [6, 6.07) is 17.6. The molecule has 4 rings (SSSR count). The number of rotatable bonds is 6. The molecule has 1 aliphatic carbocycles. The number of aliphatic hydroxyl groups excluding tert-OH is 1. The number of hydrogen-bond acceptors (Lipinski definition) is 4. The Morgan fingerprint density at radius 3 is 2.55 bits per heavy atom. The number of nitrogens with one attached hydrogen (secondary N) is 1. The second-order valence-corrected chi connectivity index (χ2v) is 7.96. The Balaban J connectivity index is 0.00000181. The molecule has 2 atom stereocenters. The summed E-state index contributed by atoms with van der Waals surface area (Å²) in [5, 5.41) is 23.0. The van der Waals surface area contributed by atoms with Crippen LogP contribution in [0.3, 0.4) is 0 Å². The van der Waals surface area contributed by atoms with Crippen molar-refractivity contribution in [3.63, 3.8) is 0 Å². The minimum atomic E-state index is -0.912. The number of carboxylic acid groups (broad SMARTS) is 1. The van der Waals surface area contributed by atoms with Crippen LogP contribution in [0.5, 0.6) is 0 Å². The predicted octanol–water partition coefficient (Wildman–Crippen LogP) is 1.05. The van der Waals surface area contributed by atoms with Gasteiger partial charge in [-0.3, -0.25) is 4.98 Å². The summed E-state index contributed by atoms with van der Waals surface area (Å²) in [4.78, 5) is 15.3. The summed E-state index contributed by atoms with van der Waals surface area (Å²) in [6.45, 7) is 2.43. The van der Waals surface area contributed by atoms with Crippen molar-refractivity contribution in [3.05, 3.63) is 88.7 Å². The van der Waals surface area contributed by atoms with Crippen LogP contribution >= 0.6 is 0 Å². The second-order valence-electron chi connectivity index (χ2n) is 7.96. The van der Waals surface area contributed by atoms with Crippen LogP contribution in [0.1, 0.15) is 46.7 Å². The zero-order chi connectivity index (χ0) is 21.1. The standard InChI is InChI=1S/C25H26N2O3.Na.H/c1-16-2-3-21(14-26-16)24(28)15-27-23-11-10-18-6-9-20(12-22(18)13-23)17-4-7-19(8-5-17)25(29)30;;/h2-9,12,14,23-24,27-28H,10-11,13,15H2,1H3,(H,29,30);;/q;+1;-1/t23-,24+;;/m0../s1. The third-order valence-corrected chi connectivity index (χ3v) is 5.82.